The van der Waals surface area contributed by atoms with Crippen LogP contribution in [0.25, 0.3) is 0 Å². The van der Waals surface area contributed by atoms with Gasteiger partial charge in [0.1, 0.15) is 24.7 Å². The van der Waals surface area contributed by atoms with Crippen LogP contribution >= 0.6 is 0 Å². The van der Waals surface area contributed by atoms with E-state index in [4.69, 9.17) is 9.47 Å². The molecule has 12 heteroatoms. The van der Waals surface area contributed by atoms with Crippen LogP contribution < -0.4 is 21.3 Å². The largest absolute Gasteiger partial charge is 0.467 e. The van der Waals surface area contributed by atoms with E-state index in [0.717, 1.165) is 11.1 Å². The molecule has 0 fully saturated rings. The van der Waals surface area contributed by atoms with Gasteiger partial charge in [0.25, 0.3) is 0 Å². The second kappa shape index (κ2) is 19.2. The maximum atomic E-state index is 13.0. The van der Waals surface area contributed by atoms with Crippen molar-refractivity contribution >= 4 is 29.8 Å². The molecule has 0 heterocycles. The van der Waals surface area contributed by atoms with Crippen LogP contribution in [0.1, 0.15) is 58.6 Å². The molecule has 0 aromatic heterocycles. The third-order valence-corrected chi connectivity index (χ3v) is 7.38. The topological polar surface area (TPSA) is 172 Å². The number of carbonyl (C=O) groups is 5. The summed E-state index contributed by atoms with van der Waals surface area (Å²) in [5.41, 5.74) is 1.65. The third-order valence-electron chi connectivity index (χ3n) is 7.38. The Labute approximate surface area is 271 Å². The molecule has 252 valence electrons. The van der Waals surface area contributed by atoms with Crippen molar-refractivity contribution < 1.29 is 38.6 Å². The van der Waals surface area contributed by atoms with Crippen LogP contribution in [0.15, 0.2) is 60.7 Å². The lowest BCUT2D eigenvalue weighted by Crippen LogP contribution is -2.55. The molecule has 0 aliphatic heterocycles. The van der Waals surface area contributed by atoms with E-state index in [1.807, 2.05) is 60.7 Å². The van der Waals surface area contributed by atoms with Gasteiger partial charge < -0.3 is 35.8 Å². The molecule has 5 N–H and O–H groups in total. The van der Waals surface area contributed by atoms with Gasteiger partial charge in [-0.15, -0.1) is 0 Å². The minimum absolute atomic E-state index is 0.0201. The number of aliphatic hydroxyl groups excluding tert-OH is 1. The minimum Gasteiger partial charge on any atom is -0.467 e. The van der Waals surface area contributed by atoms with Crippen molar-refractivity contribution in [1.29, 1.82) is 0 Å². The van der Waals surface area contributed by atoms with Crippen LogP contribution in [-0.2, 0) is 41.7 Å². The van der Waals surface area contributed by atoms with Crippen LogP contribution in [0.5, 0.6) is 0 Å². The average molecular weight is 641 g/mol. The van der Waals surface area contributed by atoms with Crippen LogP contribution in [0.4, 0.5) is 4.79 Å². The first kappa shape index (κ1) is 37.7. The second-order valence-corrected chi connectivity index (χ2v) is 11.9. The number of methoxy groups -OCH3 is 1. The molecule has 46 heavy (non-hydrogen) atoms. The molecule has 2 aromatic carbocycles. The Morgan fingerprint density at radius 2 is 1.28 bits per heavy atom. The van der Waals surface area contributed by atoms with Crippen LogP contribution in [0.2, 0.25) is 0 Å². The maximum absolute atomic E-state index is 13.0. The summed E-state index contributed by atoms with van der Waals surface area (Å²) in [6.07, 6.45) is -1.79. The van der Waals surface area contributed by atoms with Gasteiger partial charge in [-0.25, -0.2) is 9.59 Å². The molecule has 0 aliphatic carbocycles. The summed E-state index contributed by atoms with van der Waals surface area (Å²) in [6.45, 7) is 8.61. The van der Waals surface area contributed by atoms with Gasteiger partial charge in [-0.2, -0.15) is 0 Å². The number of hydrogen-bond acceptors (Lipinski definition) is 8. The highest BCUT2D eigenvalue weighted by atomic mass is 16.5. The van der Waals surface area contributed by atoms with E-state index < -0.39 is 60.1 Å². The maximum Gasteiger partial charge on any atom is 0.408 e. The fourth-order valence-electron chi connectivity index (χ4n) is 4.59. The molecule has 12 nitrogen and oxygen atoms in total. The monoisotopic (exact) mass is 640 g/mol. The zero-order valence-electron chi connectivity index (χ0n) is 27.4. The van der Waals surface area contributed by atoms with E-state index in [9.17, 15) is 29.1 Å². The number of carbonyl (C=O) groups excluding carboxylic acids is 5. The van der Waals surface area contributed by atoms with Gasteiger partial charge in [0.15, 0.2) is 0 Å². The number of amides is 4. The summed E-state index contributed by atoms with van der Waals surface area (Å²) in [7, 11) is 1.24. The number of ether oxygens (including phenoxy) is 2. The first-order chi connectivity index (χ1) is 21.8. The fraction of sp³-hybridized carbons (Fsp3) is 0.500. The first-order valence-corrected chi connectivity index (χ1v) is 15.5. The zero-order valence-corrected chi connectivity index (χ0v) is 27.4. The number of alkyl carbamates (subject to hydrolysis) is 1. The lowest BCUT2D eigenvalue weighted by atomic mass is 9.97. The van der Waals surface area contributed by atoms with Crippen molar-refractivity contribution in [3.05, 3.63) is 71.8 Å². The number of benzene rings is 2. The van der Waals surface area contributed by atoms with Crippen LogP contribution in [0.3, 0.4) is 0 Å². The van der Waals surface area contributed by atoms with Crippen molar-refractivity contribution in [3.63, 3.8) is 0 Å². The van der Waals surface area contributed by atoms with Crippen molar-refractivity contribution in [1.82, 2.24) is 21.3 Å². The highest BCUT2D eigenvalue weighted by Crippen LogP contribution is 2.13. The molecule has 0 radical (unpaired) electrons. The van der Waals surface area contributed by atoms with Gasteiger partial charge in [-0.1, -0.05) is 88.4 Å². The molecular formula is C34H48N4O8. The molecule has 4 amide bonds. The molecular weight excluding hydrogens is 592 g/mol. The summed E-state index contributed by atoms with van der Waals surface area (Å²) in [4.78, 5) is 63.4. The standard InChI is InChI=1S/C34H48N4O8/c1-21(2)29(32(42)38-30(22(3)4)33(43)45-6)37-28(40)18-17-27(39)26(19-24-13-9-7-10-14-24)36-31(41)23(5)35-34(44)46-20-25-15-11-8-12-16-25/h7-16,21-23,26-27,29-30,39H,17-20H2,1-6H3,(H,35,44)(H,36,41)(H,37,40)(H,38,42)/t23-,26-,27?,29-,30-/m0/s1. The second-order valence-electron chi connectivity index (χ2n) is 11.9. The number of nitrogens with one attached hydrogen (secondary N) is 4. The molecule has 0 aliphatic rings. The van der Waals surface area contributed by atoms with Crippen molar-refractivity contribution in [2.75, 3.05) is 7.11 Å². The Balaban J connectivity index is 2.01. The smallest absolute Gasteiger partial charge is 0.408 e. The lowest BCUT2D eigenvalue weighted by molar-refractivity contribution is -0.146. The van der Waals surface area contributed by atoms with Gasteiger partial charge in [0, 0.05) is 6.42 Å². The summed E-state index contributed by atoms with van der Waals surface area (Å²) < 4.78 is 9.99. The predicted octanol–water partition coefficient (Wildman–Crippen LogP) is 2.62. The first-order valence-electron chi connectivity index (χ1n) is 15.5. The molecule has 5 atom stereocenters. The Morgan fingerprint density at radius 1 is 0.717 bits per heavy atom. The number of hydrogen-bond donors (Lipinski definition) is 5. The Morgan fingerprint density at radius 3 is 1.83 bits per heavy atom. The van der Waals surface area contributed by atoms with Crippen molar-refractivity contribution in [2.24, 2.45) is 11.8 Å². The normalized spacial score (nSPS) is 14.3. The predicted molar refractivity (Wildman–Crippen MR) is 172 cm³/mol. The molecule has 0 saturated heterocycles. The van der Waals surface area contributed by atoms with Crippen molar-refractivity contribution in [3.8, 4) is 0 Å². The zero-order chi connectivity index (χ0) is 34.2. The molecule has 2 aromatic rings. The SMILES string of the molecule is COC(=O)[C@@H](NC(=O)[C@@H](NC(=O)CCC(O)[C@H](Cc1ccccc1)NC(=O)[C@H](C)NC(=O)OCc1ccccc1)C(C)C)C(C)C. The van der Waals surface area contributed by atoms with Crippen LogP contribution in [0, 0.1) is 11.8 Å². The molecule has 1 unspecified atom stereocenters. The van der Waals surface area contributed by atoms with Gasteiger partial charge in [-0.3, -0.25) is 14.4 Å². The Kier molecular flexibility index (Phi) is 15.7. The van der Waals surface area contributed by atoms with Gasteiger partial charge in [0.2, 0.25) is 17.7 Å². The summed E-state index contributed by atoms with van der Waals surface area (Å²) in [5.74, 6) is -2.65. The van der Waals surface area contributed by atoms with Crippen LogP contribution in [-0.4, -0.2) is 72.3 Å². The highest BCUT2D eigenvalue weighted by Gasteiger charge is 2.31. The van der Waals surface area contributed by atoms with E-state index in [1.54, 1.807) is 27.7 Å². The number of aliphatic hydroxyl groups is 1. The average Bonchev–Trinajstić information content (AvgIpc) is 3.03. The van der Waals surface area contributed by atoms with Gasteiger partial charge >= 0.3 is 12.1 Å². The number of rotatable bonds is 17. The Bertz CT molecular complexity index is 1270. The molecule has 2 rings (SSSR count). The van der Waals surface area contributed by atoms with E-state index in [1.165, 1.54) is 14.0 Å². The van der Waals surface area contributed by atoms with E-state index in [2.05, 4.69) is 21.3 Å². The molecule has 0 bridgehead atoms. The summed E-state index contributed by atoms with van der Waals surface area (Å²) in [6, 6.07) is 14.8. The Hall–Kier alpha value is -4.45. The minimum atomic E-state index is -1.14. The highest BCUT2D eigenvalue weighted by molar-refractivity contribution is 5.91. The lowest BCUT2D eigenvalue weighted by Gasteiger charge is -2.27. The van der Waals surface area contributed by atoms with E-state index in [0.29, 0.717) is 0 Å². The fourth-order valence-corrected chi connectivity index (χ4v) is 4.59. The van der Waals surface area contributed by atoms with Gasteiger partial charge in [-0.05, 0) is 42.7 Å². The van der Waals surface area contributed by atoms with E-state index >= 15 is 0 Å². The van der Waals surface area contributed by atoms with Crippen molar-refractivity contribution in [2.45, 2.75) is 90.8 Å². The summed E-state index contributed by atoms with van der Waals surface area (Å²) in [5, 5.41) is 21.8. The number of esters is 1. The molecule has 0 spiro atoms. The summed E-state index contributed by atoms with van der Waals surface area (Å²) >= 11 is 0. The quantitative estimate of drug-likeness (QED) is 0.164. The third kappa shape index (κ3) is 12.9. The van der Waals surface area contributed by atoms with Gasteiger partial charge in [0.05, 0.1) is 19.3 Å². The molecule has 0 saturated carbocycles. The van der Waals surface area contributed by atoms with E-state index in [-0.39, 0.29) is 37.7 Å².